The quantitative estimate of drug-likeness (QED) is 0.276. The molecule has 4 aromatic rings. The zero-order valence-electron chi connectivity index (χ0n) is 25.4. The highest BCUT2D eigenvalue weighted by Gasteiger charge is 2.38. The van der Waals surface area contributed by atoms with E-state index in [1.54, 1.807) is 17.4 Å². The molecule has 4 heterocycles. The number of carboxylic acids is 1. The Morgan fingerprint density at radius 1 is 1.05 bits per heavy atom. The third-order valence-corrected chi connectivity index (χ3v) is 9.67. The number of amides is 1. The Balaban J connectivity index is 1.38. The van der Waals surface area contributed by atoms with Crippen LogP contribution in [0.25, 0.3) is 16.1 Å². The Labute approximate surface area is 259 Å². The molecule has 6 rings (SSSR count). The fraction of sp³-hybridized carbons (Fsp3) is 0.333. The SMILES string of the molecule is COC(=O)C[C@@H]1N=C(c2ccc(-c3ccc4c(c3)CN(C(C(=O)O)C(C)C)C4=O)cc2)c2c(sc(C)c2C)-n2c(C)nnc21. The van der Waals surface area contributed by atoms with Gasteiger partial charge in [-0.3, -0.25) is 19.1 Å². The van der Waals surface area contributed by atoms with Crippen LogP contribution in [0.4, 0.5) is 0 Å². The molecule has 1 amide bonds. The fourth-order valence-corrected chi connectivity index (χ4v) is 7.33. The standard InChI is InChI=1S/C33H33N5O5S/c1-16(2)29(33(41)42)37-15-23-13-22(11-12-24(23)31(37)40)20-7-9-21(10-8-20)28-27-17(3)18(4)44-32(27)38-19(5)35-36-30(38)25(34-28)14-26(39)43-6/h7-13,16,25,29H,14-15H2,1-6H3,(H,41,42)/t25-,29?/m0/s1. The average molecular weight is 612 g/mol. The summed E-state index contributed by atoms with van der Waals surface area (Å²) in [5.74, 6) is -0.518. The lowest BCUT2D eigenvalue weighted by atomic mass is 9.96. The van der Waals surface area contributed by atoms with Crippen LogP contribution in [0.15, 0.2) is 47.5 Å². The first-order valence-corrected chi connectivity index (χ1v) is 15.3. The number of carbonyl (C=O) groups excluding carboxylic acids is 2. The molecule has 2 aromatic carbocycles. The van der Waals surface area contributed by atoms with Gasteiger partial charge in [0.05, 0.1) is 19.2 Å². The van der Waals surface area contributed by atoms with Crippen molar-refractivity contribution in [3.05, 3.63) is 86.8 Å². The Morgan fingerprint density at radius 3 is 2.39 bits per heavy atom. The summed E-state index contributed by atoms with van der Waals surface area (Å²) >= 11 is 1.65. The summed E-state index contributed by atoms with van der Waals surface area (Å²) in [5.41, 5.74) is 7.01. The number of aliphatic carboxylic acids is 1. The predicted molar refractivity (Wildman–Crippen MR) is 166 cm³/mol. The topological polar surface area (TPSA) is 127 Å². The van der Waals surface area contributed by atoms with Gasteiger partial charge in [-0.1, -0.05) is 44.2 Å². The number of carbonyl (C=O) groups is 3. The molecule has 226 valence electrons. The molecule has 2 aliphatic rings. The van der Waals surface area contributed by atoms with Crippen molar-refractivity contribution in [2.24, 2.45) is 10.9 Å². The Kier molecular flexibility index (Phi) is 7.44. The minimum Gasteiger partial charge on any atom is -0.480 e. The molecule has 1 unspecified atom stereocenters. The van der Waals surface area contributed by atoms with Crippen LogP contribution in [0.2, 0.25) is 0 Å². The lowest BCUT2D eigenvalue weighted by Gasteiger charge is -2.27. The lowest BCUT2D eigenvalue weighted by molar-refractivity contribution is -0.144. The van der Waals surface area contributed by atoms with E-state index in [1.807, 2.05) is 61.7 Å². The highest BCUT2D eigenvalue weighted by Crippen LogP contribution is 2.40. The number of aliphatic imine (C=N–C) groups is 1. The second-order valence-corrected chi connectivity index (χ2v) is 12.8. The number of hydrogen-bond donors (Lipinski definition) is 1. The number of carboxylic acid groups (broad SMARTS) is 1. The number of fused-ring (bicyclic) bond motifs is 4. The van der Waals surface area contributed by atoms with Gasteiger partial charge in [0.15, 0.2) is 5.82 Å². The van der Waals surface area contributed by atoms with E-state index in [2.05, 4.69) is 24.0 Å². The normalized spacial score (nSPS) is 16.2. The molecule has 0 bridgehead atoms. The van der Waals surface area contributed by atoms with Crippen molar-refractivity contribution in [3.63, 3.8) is 0 Å². The van der Waals surface area contributed by atoms with Crippen molar-refractivity contribution in [3.8, 4) is 16.1 Å². The van der Waals surface area contributed by atoms with Gasteiger partial charge in [-0.15, -0.1) is 21.5 Å². The molecule has 11 heteroatoms. The van der Waals surface area contributed by atoms with Gasteiger partial charge in [-0.2, -0.15) is 0 Å². The zero-order valence-corrected chi connectivity index (χ0v) is 26.2. The van der Waals surface area contributed by atoms with Crippen LogP contribution in [-0.2, 0) is 20.9 Å². The van der Waals surface area contributed by atoms with E-state index in [0.29, 0.717) is 11.4 Å². The van der Waals surface area contributed by atoms with Crippen molar-refractivity contribution in [2.45, 2.75) is 59.7 Å². The van der Waals surface area contributed by atoms with E-state index in [1.165, 1.54) is 12.0 Å². The first-order chi connectivity index (χ1) is 21.0. The van der Waals surface area contributed by atoms with E-state index >= 15 is 0 Å². The first-order valence-electron chi connectivity index (χ1n) is 14.4. The maximum atomic E-state index is 13.1. The summed E-state index contributed by atoms with van der Waals surface area (Å²) in [6.07, 6.45) is 0.0353. The second-order valence-electron chi connectivity index (χ2n) is 11.6. The number of esters is 1. The molecule has 2 aromatic heterocycles. The summed E-state index contributed by atoms with van der Waals surface area (Å²) in [7, 11) is 1.36. The van der Waals surface area contributed by atoms with Crippen LogP contribution in [0.5, 0.6) is 0 Å². The number of hydrogen-bond acceptors (Lipinski definition) is 8. The number of thiophene rings is 1. The Hall–Kier alpha value is -4.64. The van der Waals surface area contributed by atoms with Gasteiger partial charge < -0.3 is 14.7 Å². The highest BCUT2D eigenvalue weighted by molar-refractivity contribution is 7.15. The summed E-state index contributed by atoms with van der Waals surface area (Å²) in [6, 6.07) is 12.3. The van der Waals surface area contributed by atoms with E-state index < -0.39 is 18.1 Å². The van der Waals surface area contributed by atoms with E-state index in [4.69, 9.17) is 9.73 Å². The number of ether oxygens (including phenoxy) is 1. The van der Waals surface area contributed by atoms with Crippen LogP contribution in [0.1, 0.15) is 75.4 Å². The van der Waals surface area contributed by atoms with E-state index in [-0.39, 0.29) is 30.8 Å². The van der Waals surface area contributed by atoms with Crippen molar-refractivity contribution in [1.82, 2.24) is 19.7 Å². The van der Waals surface area contributed by atoms with Gasteiger partial charge >= 0.3 is 11.9 Å². The minimum atomic E-state index is -0.999. The minimum absolute atomic E-state index is 0.0353. The highest BCUT2D eigenvalue weighted by atomic mass is 32.1. The first kappa shape index (κ1) is 29.4. The molecule has 0 spiro atoms. The summed E-state index contributed by atoms with van der Waals surface area (Å²) in [4.78, 5) is 45.1. The number of benzene rings is 2. The van der Waals surface area contributed by atoms with Crippen molar-refractivity contribution in [2.75, 3.05) is 7.11 Å². The Bertz CT molecular complexity index is 1850. The van der Waals surface area contributed by atoms with Gasteiger partial charge in [-0.25, -0.2) is 4.79 Å². The van der Waals surface area contributed by atoms with Crippen LogP contribution in [-0.4, -0.2) is 61.5 Å². The molecule has 10 nitrogen and oxygen atoms in total. The summed E-state index contributed by atoms with van der Waals surface area (Å²) < 4.78 is 6.99. The molecule has 44 heavy (non-hydrogen) atoms. The summed E-state index contributed by atoms with van der Waals surface area (Å²) in [6.45, 7) is 9.94. The fourth-order valence-electron chi connectivity index (χ4n) is 6.11. The molecule has 2 aliphatic heterocycles. The van der Waals surface area contributed by atoms with E-state index in [0.717, 1.165) is 54.8 Å². The second kappa shape index (κ2) is 11.1. The number of rotatable bonds is 7. The lowest BCUT2D eigenvalue weighted by Crippen LogP contribution is -2.44. The molecule has 0 saturated heterocycles. The van der Waals surface area contributed by atoms with Crippen molar-refractivity contribution in [1.29, 1.82) is 0 Å². The summed E-state index contributed by atoms with van der Waals surface area (Å²) in [5, 5.41) is 19.5. The van der Waals surface area contributed by atoms with Gasteiger partial charge in [0.1, 0.15) is 22.9 Å². The van der Waals surface area contributed by atoms with Crippen LogP contribution >= 0.6 is 11.3 Å². The number of aromatic nitrogens is 3. The van der Waals surface area contributed by atoms with Gasteiger partial charge in [0.2, 0.25) is 0 Å². The predicted octanol–water partition coefficient (Wildman–Crippen LogP) is 5.44. The monoisotopic (exact) mass is 611 g/mol. The third kappa shape index (κ3) is 4.81. The largest absolute Gasteiger partial charge is 0.480 e. The van der Waals surface area contributed by atoms with Crippen molar-refractivity contribution < 1.29 is 24.2 Å². The van der Waals surface area contributed by atoms with Crippen LogP contribution < -0.4 is 0 Å². The molecule has 2 atom stereocenters. The molecule has 1 N–H and O–H groups in total. The zero-order chi connectivity index (χ0) is 31.4. The van der Waals surface area contributed by atoms with Crippen LogP contribution in [0, 0.1) is 26.7 Å². The van der Waals surface area contributed by atoms with Crippen LogP contribution in [0.3, 0.4) is 0 Å². The maximum Gasteiger partial charge on any atom is 0.326 e. The average Bonchev–Trinajstić information content (AvgIpc) is 3.59. The van der Waals surface area contributed by atoms with Gasteiger partial charge in [0.25, 0.3) is 5.91 Å². The maximum absolute atomic E-state index is 13.1. The molecular weight excluding hydrogens is 578 g/mol. The van der Waals surface area contributed by atoms with E-state index in [9.17, 15) is 19.5 Å². The van der Waals surface area contributed by atoms with Gasteiger partial charge in [-0.05, 0) is 61.1 Å². The molecule has 0 fully saturated rings. The molecular formula is C33H33N5O5S. The molecule has 0 saturated carbocycles. The smallest absolute Gasteiger partial charge is 0.326 e. The number of methoxy groups -OCH3 is 1. The third-order valence-electron chi connectivity index (χ3n) is 8.48. The number of nitrogens with zero attached hydrogens (tertiary/aromatic N) is 5. The number of aryl methyl sites for hydroxylation is 2. The molecule has 0 radical (unpaired) electrons. The van der Waals surface area contributed by atoms with Crippen molar-refractivity contribution >= 4 is 34.9 Å². The van der Waals surface area contributed by atoms with Gasteiger partial charge in [0, 0.05) is 28.1 Å². The Morgan fingerprint density at radius 2 is 1.73 bits per heavy atom. The molecule has 0 aliphatic carbocycles.